The first-order chi connectivity index (χ1) is 14.8. The number of carbonyl (C=O) groups is 1. The highest BCUT2D eigenvalue weighted by molar-refractivity contribution is 6.03. The van der Waals surface area contributed by atoms with E-state index in [1.807, 2.05) is 60.3 Å². The van der Waals surface area contributed by atoms with Gasteiger partial charge < -0.3 is 9.88 Å². The van der Waals surface area contributed by atoms with Crippen LogP contribution < -0.4 is 5.32 Å². The molecule has 2 aromatic heterocycles. The van der Waals surface area contributed by atoms with Crippen LogP contribution in [0.3, 0.4) is 0 Å². The summed E-state index contributed by atoms with van der Waals surface area (Å²) in [6.45, 7) is 6.36. The molecule has 0 bridgehead atoms. The van der Waals surface area contributed by atoms with Crippen LogP contribution in [0.15, 0.2) is 54.6 Å². The molecule has 0 spiro atoms. The van der Waals surface area contributed by atoms with Crippen molar-refractivity contribution < 1.29 is 4.79 Å². The maximum Gasteiger partial charge on any atom is 0.276 e. The summed E-state index contributed by atoms with van der Waals surface area (Å²) in [5, 5.41) is 7.62. The first kappa shape index (κ1) is 19.5. The van der Waals surface area contributed by atoms with E-state index in [1.54, 1.807) is 0 Å². The first-order valence-corrected chi connectivity index (χ1v) is 10.7. The molecular weight excluding hydrogens is 386 g/mol. The van der Waals surface area contributed by atoms with Crippen molar-refractivity contribution in [1.82, 2.24) is 19.3 Å². The van der Waals surface area contributed by atoms with Gasteiger partial charge in [0.15, 0.2) is 5.69 Å². The molecule has 158 valence electrons. The Labute approximate surface area is 181 Å². The summed E-state index contributed by atoms with van der Waals surface area (Å²) in [5.41, 5.74) is 5.29. The van der Waals surface area contributed by atoms with E-state index in [1.165, 1.54) is 12.8 Å². The first-order valence-electron chi connectivity index (χ1n) is 10.7. The molecule has 6 nitrogen and oxygen atoms in total. The fourth-order valence-electron chi connectivity index (χ4n) is 4.02. The number of aromatic nitrogens is 4. The van der Waals surface area contributed by atoms with Crippen molar-refractivity contribution in [3.63, 3.8) is 0 Å². The minimum Gasteiger partial charge on any atom is -0.327 e. The topological polar surface area (TPSA) is 64.7 Å². The fraction of sp³-hybridized carbons (Fsp3) is 0.320. The predicted molar refractivity (Wildman–Crippen MR) is 123 cm³/mol. The molecule has 0 unspecified atom stereocenters. The van der Waals surface area contributed by atoms with Gasteiger partial charge in [0.1, 0.15) is 5.82 Å². The van der Waals surface area contributed by atoms with Crippen LogP contribution >= 0.6 is 0 Å². The van der Waals surface area contributed by atoms with Gasteiger partial charge in [-0.15, -0.1) is 0 Å². The standard InChI is InChI=1S/C25H27N5O/c1-25(2,3)30-22(16-9-10-16)15-20(28-30)24(31)26-18-13-11-17(12-14-18)23-27-19-7-5-6-8-21(19)29(23)4/h5-8,11-16H,9-10H2,1-4H3,(H,26,31). The molecule has 1 N–H and O–H groups in total. The van der Waals surface area contributed by atoms with Crippen molar-refractivity contribution in [3.05, 3.63) is 66.0 Å². The number of benzene rings is 2. The lowest BCUT2D eigenvalue weighted by atomic mass is 10.1. The van der Waals surface area contributed by atoms with Crippen molar-refractivity contribution in [2.24, 2.45) is 7.05 Å². The van der Waals surface area contributed by atoms with Crippen LogP contribution in [0.2, 0.25) is 0 Å². The molecule has 31 heavy (non-hydrogen) atoms. The van der Waals surface area contributed by atoms with E-state index in [0.717, 1.165) is 33.8 Å². The van der Waals surface area contributed by atoms with Crippen LogP contribution in [0.4, 0.5) is 5.69 Å². The lowest BCUT2D eigenvalue weighted by molar-refractivity contribution is 0.102. The average molecular weight is 414 g/mol. The maximum atomic E-state index is 12.9. The summed E-state index contributed by atoms with van der Waals surface area (Å²) in [4.78, 5) is 17.6. The predicted octanol–water partition coefficient (Wildman–Crippen LogP) is 5.32. The number of hydrogen-bond donors (Lipinski definition) is 1. The molecule has 0 aliphatic heterocycles. The molecule has 0 radical (unpaired) electrons. The molecule has 1 amide bonds. The molecule has 1 saturated carbocycles. The molecule has 0 atom stereocenters. The van der Waals surface area contributed by atoms with E-state index < -0.39 is 0 Å². The largest absolute Gasteiger partial charge is 0.327 e. The van der Waals surface area contributed by atoms with Crippen molar-refractivity contribution in [3.8, 4) is 11.4 Å². The van der Waals surface area contributed by atoms with Gasteiger partial charge in [0.25, 0.3) is 5.91 Å². The van der Waals surface area contributed by atoms with Crippen LogP contribution in [0.5, 0.6) is 0 Å². The highest BCUT2D eigenvalue weighted by Crippen LogP contribution is 2.41. The third kappa shape index (κ3) is 3.63. The minimum atomic E-state index is -0.180. The number of rotatable bonds is 4. The smallest absolute Gasteiger partial charge is 0.276 e. The number of amides is 1. The number of anilines is 1. The van der Waals surface area contributed by atoms with Crippen LogP contribution in [0, 0.1) is 0 Å². The summed E-state index contributed by atoms with van der Waals surface area (Å²) in [5.74, 6) is 1.25. The number of aryl methyl sites for hydroxylation is 1. The summed E-state index contributed by atoms with van der Waals surface area (Å²) >= 11 is 0. The van der Waals surface area contributed by atoms with Crippen LogP contribution in [0.1, 0.15) is 55.7 Å². The zero-order valence-corrected chi connectivity index (χ0v) is 18.4. The Morgan fingerprint density at radius 1 is 1.06 bits per heavy atom. The van der Waals surface area contributed by atoms with E-state index in [4.69, 9.17) is 4.98 Å². The molecule has 6 heteroatoms. The average Bonchev–Trinajstić information content (AvgIpc) is 3.39. The fourth-order valence-corrected chi connectivity index (χ4v) is 4.02. The van der Waals surface area contributed by atoms with Gasteiger partial charge in [-0.2, -0.15) is 5.10 Å². The second-order valence-corrected chi connectivity index (χ2v) is 9.33. The van der Waals surface area contributed by atoms with Crippen molar-refractivity contribution in [2.45, 2.75) is 45.1 Å². The van der Waals surface area contributed by atoms with Gasteiger partial charge in [-0.05, 0) is 76.1 Å². The minimum absolute atomic E-state index is 0.149. The van der Waals surface area contributed by atoms with Gasteiger partial charge in [-0.3, -0.25) is 9.48 Å². The number of para-hydroxylation sites is 2. The highest BCUT2D eigenvalue weighted by atomic mass is 16.2. The van der Waals surface area contributed by atoms with Crippen LogP contribution in [-0.4, -0.2) is 25.2 Å². The van der Waals surface area contributed by atoms with Crippen LogP contribution in [0.25, 0.3) is 22.4 Å². The van der Waals surface area contributed by atoms with E-state index in [2.05, 4.69) is 41.8 Å². The molecule has 1 aliphatic rings. The molecule has 1 aliphatic carbocycles. The Hall–Kier alpha value is -3.41. The Morgan fingerprint density at radius 2 is 1.77 bits per heavy atom. The van der Waals surface area contributed by atoms with E-state index in [0.29, 0.717) is 11.6 Å². The summed E-state index contributed by atoms with van der Waals surface area (Å²) in [7, 11) is 2.02. The van der Waals surface area contributed by atoms with Gasteiger partial charge in [-0.25, -0.2) is 4.98 Å². The third-order valence-electron chi connectivity index (χ3n) is 5.79. The third-order valence-corrected chi connectivity index (χ3v) is 5.79. The number of hydrogen-bond acceptors (Lipinski definition) is 3. The zero-order chi connectivity index (χ0) is 21.8. The lowest BCUT2D eigenvalue weighted by Gasteiger charge is -2.22. The van der Waals surface area contributed by atoms with Crippen molar-refractivity contribution >= 4 is 22.6 Å². The van der Waals surface area contributed by atoms with E-state index in [9.17, 15) is 4.79 Å². The molecule has 4 aromatic rings. The second-order valence-electron chi connectivity index (χ2n) is 9.33. The zero-order valence-electron chi connectivity index (χ0n) is 18.4. The quantitative estimate of drug-likeness (QED) is 0.492. The monoisotopic (exact) mass is 413 g/mol. The van der Waals surface area contributed by atoms with Crippen molar-refractivity contribution in [1.29, 1.82) is 0 Å². The second kappa shape index (κ2) is 7.08. The molecule has 2 heterocycles. The van der Waals surface area contributed by atoms with Gasteiger partial charge in [-0.1, -0.05) is 12.1 Å². The van der Waals surface area contributed by atoms with Crippen molar-refractivity contribution in [2.75, 3.05) is 5.32 Å². The van der Waals surface area contributed by atoms with Gasteiger partial charge in [0, 0.05) is 29.9 Å². The molecule has 0 saturated heterocycles. The summed E-state index contributed by atoms with van der Waals surface area (Å²) < 4.78 is 4.09. The maximum absolute atomic E-state index is 12.9. The van der Waals surface area contributed by atoms with Gasteiger partial charge >= 0.3 is 0 Å². The summed E-state index contributed by atoms with van der Waals surface area (Å²) in [6, 6.07) is 17.8. The Kier molecular flexibility index (Phi) is 4.46. The number of carbonyl (C=O) groups excluding carboxylic acids is 1. The Morgan fingerprint density at radius 3 is 2.42 bits per heavy atom. The number of nitrogens with zero attached hydrogens (tertiary/aromatic N) is 4. The van der Waals surface area contributed by atoms with Crippen LogP contribution in [-0.2, 0) is 12.6 Å². The Bertz CT molecular complexity index is 1270. The molecular formula is C25H27N5O. The molecule has 1 fully saturated rings. The molecule has 2 aromatic carbocycles. The number of imidazole rings is 1. The van der Waals surface area contributed by atoms with E-state index >= 15 is 0 Å². The van der Waals surface area contributed by atoms with Gasteiger partial charge in [0.05, 0.1) is 16.6 Å². The highest BCUT2D eigenvalue weighted by Gasteiger charge is 2.32. The lowest BCUT2D eigenvalue weighted by Crippen LogP contribution is -2.25. The van der Waals surface area contributed by atoms with E-state index in [-0.39, 0.29) is 11.4 Å². The molecule has 5 rings (SSSR count). The number of fused-ring (bicyclic) bond motifs is 1. The Balaban J connectivity index is 1.37. The van der Waals surface area contributed by atoms with Gasteiger partial charge in [0.2, 0.25) is 0 Å². The normalized spacial score (nSPS) is 14.2. The summed E-state index contributed by atoms with van der Waals surface area (Å²) in [6.07, 6.45) is 2.35. The SMILES string of the molecule is Cn1c(-c2ccc(NC(=O)c3cc(C4CC4)n(C(C)(C)C)n3)cc2)nc2ccccc21. The number of nitrogens with one attached hydrogen (secondary N) is 1.